The van der Waals surface area contributed by atoms with Gasteiger partial charge in [-0.3, -0.25) is 4.79 Å². The van der Waals surface area contributed by atoms with Crippen LogP contribution in [0.5, 0.6) is 5.75 Å². The van der Waals surface area contributed by atoms with E-state index in [1.165, 1.54) is 0 Å². The monoisotopic (exact) mass is 295 g/mol. The number of nitrogens with one attached hydrogen (secondary N) is 1. The molecule has 0 aliphatic carbocycles. The number of halogens is 2. The summed E-state index contributed by atoms with van der Waals surface area (Å²) in [6.07, 6.45) is 0. The average Bonchev–Trinajstić information content (AvgIpc) is 2.40. The zero-order valence-corrected chi connectivity index (χ0v) is 11.6. The first kappa shape index (κ1) is 13.7. The van der Waals surface area contributed by atoms with Gasteiger partial charge in [0.05, 0.1) is 17.6 Å². The first-order valence-electron chi connectivity index (χ1n) is 5.49. The van der Waals surface area contributed by atoms with Crippen LogP contribution in [0.1, 0.15) is 0 Å². The van der Waals surface area contributed by atoms with Gasteiger partial charge in [-0.1, -0.05) is 29.8 Å². The average molecular weight is 296 g/mol. The minimum atomic E-state index is -0.134. The number of methoxy groups -OCH3 is 1. The van der Waals surface area contributed by atoms with Crippen molar-refractivity contribution in [3.63, 3.8) is 0 Å². The summed E-state index contributed by atoms with van der Waals surface area (Å²) < 4.78 is 5.21. The molecule has 98 valence electrons. The lowest BCUT2D eigenvalue weighted by Crippen LogP contribution is -2.06. The number of H-pyrrole nitrogens is 1. The van der Waals surface area contributed by atoms with Crippen molar-refractivity contribution in [2.24, 2.45) is 0 Å². The molecule has 0 aliphatic rings. The maximum atomic E-state index is 12.0. The molecule has 1 heterocycles. The Morgan fingerprint density at radius 2 is 1.79 bits per heavy atom. The fourth-order valence-corrected chi connectivity index (χ4v) is 2.39. The first-order valence-corrected chi connectivity index (χ1v) is 5.87. The Labute approximate surface area is 120 Å². The molecule has 1 N–H and O–H groups in total. The largest absolute Gasteiger partial charge is 0.497 e. The van der Waals surface area contributed by atoms with Crippen LogP contribution in [0.3, 0.4) is 0 Å². The number of ether oxygens (including phenoxy) is 1. The van der Waals surface area contributed by atoms with Gasteiger partial charge in [0.2, 0.25) is 0 Å². The van der Waals surface area contributed by atoms with Crippen LogP contribution in [0.2, 0.25) is 5.02 Å². The molecule has 0 radical (unpaired) electrons. The smallest absolute Gasteiger partial charge is 0.256 e. The van der Waals surface area contributed by atoms with Crippen LogP contribution in [0, 0.1) is 0 Å². The number of hydrogen-bond donors (Lipinski definition) is 1. The van der Waals surface area contributed by atoms with Crippen molar-refractivity contribution >= 4 is 45.7 Å². The second-order valence-electron chi connectivity index (χ2n) is 4.03. The van der Waals surface area contributed by atoms with E-state index in [1.807, 2.05) is 24.3 Å². The Morgan fingerprint density at radius 1 is 1.11 bits per heavy atom. The normalized spacial score (nSPS) is 10.4. The van der Waals surface area contributed by atoms with Crippen molar-refractivity contribution in [2.75, 3.05) is 7.11 Å². The summed E-state index contributed by atoms with van der Waals surface area (Å²) in [4.78, 5) is 14.8. The Kier molecular flexibility index (Phi) is 3.69. The van der Waals surface area contributed by atoms with E-state index in [9.17, 15) is 4.79 Å². The van der Waals surface area contributed by atoms with Gasteiger partial charge in [-0.05, 0) is 17.5 Å². The lowest BCUT2D eigenvalue weighted by molar-refractivity contribution is 0.415. The lowest BCUT2D eigenvalue weighted by atomic mass is 10.1. The quantitative estimate of drug-likeness (QED) is 0.695. The SMILES string of the molecule is COc1cc(Cl)c2[nH]c(=O)c3ccccc3c2c1.Cl. The molecule has 0 amide bonds. The van der Waals surface area contributed by atoms with E-state index in [2.05, 4.69) is 4.98 Å². The van der Waals surface area contributed by atoms with Crippen LogP contribution in [-0.4, -0.2) is 12.1 Å². The summed E-state index contributed by atoms with van der Waals surface area (Å²) in [5.41, 5.74) is 0.506. The molecule has 0 unspecified atom stereocenters. The van der Waals surface area contributed by atoms with Crippen molar-refractivity contribution in [3.8, 4) is 5.75 Å². The van der Waals surface area contributed by atoms with Gasteiger partial charge < -0.3 is 9.72 Å². The predicted octanol–water partition coefficient (Wildman–Crippen LogP) is 3.77. The number of fused-ring (bicyclic) bond motifs is 3. The number of pyridine rings is 1. The van der Waals surface area contributed by atoms with Crippen molar-refractivity contribution in [1.82, 2.24) is 4.98 Å². The number of aromatic amines is 1. The molecule has 0 saturated heterocycles. The Hall–Kier alpha value is -1.71. The molecule has 0 aliphatic heterocycles. The molecule has 1 aromatic heterocycles. The van der Waals surface area contributed by atoms with Crippen LogP contribution >= 0.6 is 24.0 Å². The molecule has 3 aromatic rings. The van der Waals surface area contributed by atoms with Crippen molar-refractivity contribution in [3.05, 3.63) is 51.8 Å². The summed E-state index contributed by atoms with van der Waals surface area (Å²) in [5.74, 6) is 0.671. The van der Waals surface area contributed by atoms with Crippen LogP contribution in [0.4, 0.5) is 0 Å². The Morgan fingerprint density at radius 3 is 2.47 bits per heavy atom. The summed E-state index contributed by atoms with van der Waals surface area (Å²) in [7, 11) is 1.59. The van der Waals surface area contributed by atoms with Gasteiger partial charge in [0.15, 0.2) is 0 Å². The van der Waals surface area contributed by atoms with E-state index < -0.39 is 0 Å². The van der Waals surface area contributed by atoms with Gasteiger partial charge in [-0.2, -0.15) is 0 Å². The van der Waals surface area contributed by atoms with Crippen LogP contribution in [0.25, 0.3) is 21.7 Å². The molecule has 19 heavy (non-hydrogen) atoms. The third-order valence-corrected chi connectivity index (χ3v) is 3.30. The van der Waals surface area contributed by atoms with Gasteiger partial charge >= 0.3 is 0 Å². The Balaban J connectivity index is 0.00000133. The number of rotatable bonds is 1. The topological polar surface area (TPSA) is 42.1 Å². The lowest BCUT2D eigenvalue weighted by Gasteiger charge is -2.07. The summed E-state index contributed by atoms with van der Waals surface area (Å²) in [5, 5.41) is 2.88. The third-order valence-electron chi connectivity index (χ3n) is 3.00. The zero-order valence-electron chi connectivity index (χ0n) is 10.1. The first-order chi connectivity index (χ1) is 8.70. The van der Waals surface area contributed by atoms with E-state index in [0.717, 1.165) is 10.8 Å². The van der Waals surface area contributed by atoms with E-state index in [1.54, 1.807) is 19.2 Å². The zero-order chi connectivity index (χ0) is 12.7. The van der Waals surface area contributed by atoms with Crippen LogP contribution < -0.4 is 10.3 Å². The maximum Gasteiger partial charge on any atom is 0.256 e. The molecule has 0 spiro atoms. The summed E-state index contributed by atoms with van der Waals surface area (Å²) in [6.45, 7) is 0. The molecule has 3 rings (SSSR count). The molecule has 5 heteroatoms. The minimum Gasteiger partial charge on any atom is -0.497 e. The molecule has 0 saturated carbocycles. The number of hydrogen-bond acceptors (Lipinski definition) is 2. The molecule has 3 nitrogen and oxygen atoms in total. The summed E-state index contributed by atoms with van der Waals surface area (Å²) in [6, 6.07) is 11.0. The van der Waals surface area contributed by atoms with Gasteiger partial charge in [0, 0.05) is 16.8 Å². The third kappa shape index (κ3) is 2.15. The fourth-order valence-electron chi connectivity index (χ4n) is 2.14. The highest BCUT2D eigenvalue weighted by molar-refractivity contribution is 6.36. The highest BCUT2D eigenvalue weighted by Gasteiger charge is 2.09. The van der Waals surface area contributed by atoms with Gasteiger partial charge in [-0.15, -0.1) is 12.4 Å². The van der Waals surface area contributed by atoms with Crippen LogP contribution in [-0.2, 0) is 0 Å². The minimum absolute atomic E-state index is 0. The number of benzene rings is 2. The fraction of sp³-hybridized carbons (Fsp3) is 0.0714. The molecular weight excluding hydrogens is 285 g/mol. The van der Waals surface area contributed by atoms with E-state index in [0.29, 0.717) is 21.7 Å². The van der Waals surface area contributed by atoms with Crippen LogP contribution in [0.15, 0.2) is 41.2 Å². The molecule has 2 aromatic carbocycles. The second kappa shape index (κ2) is 5.11. The second-order valence-corrected chi connectivity index (χ2v) is 4.44. The van der Waals surface area contributed by atoms with Gasteiger partial charge in [0.1, 0.15) is 5.75 Å². The highest BCUT2D eigenvalue weighted by atomic mass is 35.5. The standard InChI is InChI=1S/C14H10ClNO2.ClH/c1-18-8-6-11-9-4-2-3-5-10(9)14(17)16-13(11)12(15)7-8;/h2-7H,1H3,(H,16,17);1H. The van der Waals surface area contributed by atoms with E-state index in [-0.39, 0.29) is 18.0 Å². The number of aromatic nitrogens is 1. The van der Waals surface area contributed by atoms with Crippen molar-refractivity contribution in [1.29, 1.82) is 0 Å². The van der Waals surface area contributed by atoms with E-state index in [4.69, 9.17) is 16.3 Å². The van der Waals surface area contributed by atoms with Crippen molar-refractivity contribution < 1.29 is 4.74 Å². The predicted molar refractivity (Wildman–Crippen MR) is 80.9 cm³/mol. The van der Waals surface area contributed by atoms with Gasteiger partial charge in [0.25, 0.3) is 5.56 Å². The summed E-state index contributed by atoms with van der Waals surface area (Å²) >= 11 is 6.16. The molecule has 0 bridgehead atoms. The maximum absolute atomic E-state index is 12.0. The molecule has 0 atom stereocenters. The Bertz CT molecular complexity index is 811. The van der Waals surface area contributed by atoms with Gasteiger partial charge in [-0.25, -0.2) is 0 Å². The molecular formula is C14H11Cl2NO2. The van der Waals surface area contributed by atoms with Crippen molar-refractivity contribution in [2.45, 2.75) is 0 Å². The highest BCUT2D eigenvalue weighted by Crippen LogP contribution is 2.30. The molecule has 0 fully saturated rings. The van der Waals surface area contributed by atoms with E-state index >= 15 is 0 Å².